The van der Waals surface area contributed by atoms with Crippen LogP contribution in [-0.2, 0) is 22.7 Å². The van der Waals surface area contributed by atoms with Gasteiger partial charge in [-0.2, -0.15) is 0 Å². The summed E-state index contributed by atoms with van der Waals surface area (Å²) in [7, 11) is 0. The number of ether oxygens (including phenoxy) is 1. The molecule has 1 aliphatic heterocycles. The Morgan fingerprint density at radius 2 is 1.97 bits per heavy atom. The molecule has 0 unspecified atom stereocenters. The molecule has 4 rings (SSSR count). The van der Waals surface area contributed by atoms with E-state index in [0.717, 1.165) is 4.90 Å². The number of amides is 3. The standard InChI is InChI=1S/C24H23ClF2N4O5/c25-16-6-3-4-14(21(16)26)9-29-22(34)18-8-24(27,13-32)12-31(18)20(33)11-30-10-19(36-23(28)35)15-5-1-2-7-17(15)30/h1-7,10,18,32H,8-9,11-13H2,(H2,28,35)(H,29,34)/t18-,24+/m0/s1. The molecule has 2 atom stereocenters. The number of benzene rings is 2. The minimum atomic E-state index is -2.18. The monoisotopic (exact) mass is 520 g/mol. The van der Waals surface area contributed by atoms with Gasteiger partial charge in [-0.1, -0.05) is 35.9 Å². The predicted molar refractivity (Wildman–Crippen MR) is 126 cm³/mol. The fraction of sp³-hybridized carbons (Fsp3) is 0.292. The Morgan fingerprint density at radius 3 is 2.69 bits per heavy atom. The van der Waals surface area contributed by atoms with Crippen molar-refractivity contribution in [3.63, 3.8) is 0 Å². The summed E-state index contributed by atoms with van der Waals surface area (Å²) in [6.07, 6.45) is -0.0433. The highest BCUT2D eigenvalue weighted by atomic mass is 35.5. The van der Waals surface area contributed by atoms with Crippen molar-refractivity contribution < 1.29 is 33.0 Å². The smallest absolute Gasteiger partial charge is 0.408 e. The maximum atomic E-state index is 15.1. The summed E-state index contributed by atoms with van der Waals surface area (Å²) in [5.74, 6) is -1.86. The molecular formula is C24H23ClF2N4O5. The van der Waals surface area contributed by atoms with Gasteiger partial charge in [-0.15, -0.1) is 0 Å². The van der Waals surface area contributed by atoms with Crippen LogP contribution in [0.15, 0.2) is 48.7 Å². The number of nitrogens with zero attached hydrogens (tertiary/aromatic N) is 2. The Kier molecular flexibility index (Phi) is 7.14. The van der Waals surface area contributed by atoms with Gasteiger partial charge in [0.25, 0.3) is 0 Å². The highest BCUT2D eigenvalue weighted by Crippen LogP contribution is 2.32. The quantitative estimate of drug-likeness (QED) is 0.441. The number of hydrogen-bond acceptors (Lipinski definition) is 5. The molecule has 2 aromatic carbocycles. The van der Waals surface area contributed by atoms with Gasteiger partial charge in [-0.05, 0) is 18.2 Å². The van der Waals surface area contributed by atoms with Crippen molar-refractivity contribution in [3.8, 4) is 5.75 Å². The van der Waals surface area contributed by atoms with Gasteiger partial charge in [-0.25, -0.2) is 13.6 Å². The number of fused-ring (bicyclic) bond motifs is 1. The highest BCUT2D eigenvalue weighted by Gasteiger charge is 2.49. The zero-order chi connectivity index (χ0) is 26.0. The van der Waals surface area contributed by atoms with E-state index in [1.807, 2.05) is 0 Å². The first-order valence-electron chi connectivity index (χ1n) is 11.0. The van der Waals surface area contributed by atoms with Crippen LogP contribution in [0.25, 0.3) is 10.9 Å². The van der Waals surface area contributed by atoms with Gasteiger partial charge in [0.1, 0.15) is 18.4 Å². The molecule has 0 radical (unpaired) electrons. The predicted octanol–water partition coefficient (Wildman–Crippen LogP) is 2.51. The number of aromatic nitrogens is 1. The van der Waals surface area contributed by atoms with Gasteiger partial charge in [0.2, 0.25) is 11.8 Å². The third-order valence-corrected chi connectivity index (χ3v) is 6.34. The van der Waals surface area contributed by atoms with Crippen LogP contribution in [0.1, 0.15) is 12.0 Å². The summed E-state index contributed by atoms with van der Waals surface area (Å²) in [5.41, 5.74) is 3.62. The molecule has 1 saturated heterocycles. The average Bonchev–Trinajstić information content (AvgIpc) is 3.38. The molecule has 3 aromatic rings. The van der Waals surface area contributed by atoms with Gasteiger partial charge in [0.05, 0.1) is 23.7 Å². The third kappa shape index (κ3) is 5.12. The first-order valence-corrected chi connectivity index (χ1v) is 11.3. The lowest BCUT2D eigenvalue weighted by molar-refractivity contribution is -0.139. The minimum Gasteiger partial charge on any atom is -0.408 e. The lowest BCUT2D eigenvalue weighted by Gasteiger charge is -2.24. The van der Waals surface area contributed by atoms with Crippen molar-refractivity contribution in [1.82, 2.24) is 14.8 Å². The van der Waals surface area contributed by atoms with Crippen molar-refractivity contribution in [2.24, 2.45) is 5.73 Å². The third-order valence-electron chi connectivity index (χ3n) is 6.05. The average molecular weight is 521 g/mol. The number of alkyl halides is 1. The first-order chi connectivity index (χ1) is 17.1. The summed E-state index contributed by atoms with van der Waals surface area (Å²) < 4.78 is 35.8. The summed E-state index contributed by atoms with van der Waals surface area (Å²) in [4.78, 5) is 38.5. The fourth-order valence-corrected chi connectivity index (χ4v) is 4.50. The molecule has 2 heterocycles. The van der Waals surface area contributed by atoms with E-state index in [0.29, 0.717) is 10.9 Å². The molecule has 0 spiro atoms. The van der Waals surface area contributed by atoms with Crippen LogP contribution in [-0.4, -0.2) is 57.3 Å². The van der Waals surface area contributed by atoms with Gasteiger partial charge < -0.3 is 30.4 Å². The van der Waals surface area contributed by atoms with Crippen molar-refractivity contribution in [3.05, 3.63) is 65.1 Å². The van der Waals surface area contributed by atoms with E-state index in [9.17, 15) is 23.9 Å². The second-order valence-electron chi connectivity index (χ2n) is 8.54. The van der Waals surface area contributed by atoms with E-state index < -0.39 is 55.0 Å². The van der Waals surface area contributed by atoms with E-state index in [1.165, 1.54) is 29.0 Å². The highest BCUT2D eigenvalue weighted by molar-refractivity contribution is 6.30. The second kappa shape index (κ2) is 10.1. The van der Waals surface area contributed by atoms with Crippen LogP contribution >= 0.6 is 11.6 Å². The second-order valence-corrected chi connectivity index (χ2v) is 8.95. The van der Waals surface area contributed by atoms with Crippen molar-refractivity contribution in [1.29, 1.82) is 0 Å². The molecule has 0 bridgehead atoms. The molecule has 1 fully saturated rings. The molecule has 190 valence electrons. The fourth-order valence-electron chi connectivity index (χ4n) is 4.30. The topological polar surface area (TPSA) is 127 Å². The molecule has 1 aromatic heterocycles. The summed E-state index contributed by atoms with van der Waals surface area (Å²) >= 11 is 5.77. The summed E-state index contributed by atoms with van der Waals surface area (Å²) in [6, 6.07) is 9.89. The van der Waals surface area contributed by atoms with E-state index in [1.54, 1.807) is 24.3 Å². The molecular weight excluding hydrogens is 498 g/mol. The number of primary amides is 1. The van der Waals surface area contributed by atoms with Gasteiger partial charge in [-0.3, -0.25) is 9.59 Å². The number of para-hydroxylation sites is 1. The number of halogens is 3. The number of carbonyl (C=O) groups excluding carboxylic acids is 3. The summed E-state index contributed by atoms with van der Waals surface area (Å²) in [5, 5.41) is 12.5. The van der Waals surface area contributed by atoms with E-state index >= 15 is 4.39 Å². The van der Waals surface area contributed by atoms with Crippen LogP contribution in [0.4, 0.5) is 13.6 Å². The Balaban J connectivity index is 1.55. The number of likely N-dealkylation sites (tertiary alicyclic amines) is 1. The van der Waals surface area contributed by atoms with Crippen LogP contribution < -0.4 is 15.8 Å². The molecule has 9 nitrogen and oxygen atoms in total. The number of aliphatic hydroxyl groups excluding tert-OH is 1. The molecule has 3 amide bonds. The van der Waals surface area contributed by atoms with Crippen LogP contribution in [0.3, 0.4) is 0 Å². The van der Waals surface area contributed by atoms with Crippen molar-refractivity contribution in [2.75, 3.05) is 13.2 Å². The van der Waals surface area contributed by atoms with E-state index in [-0.39, 0.29) is 29.4 Å². The normalized spacial score (nSPS) is 19.4. The van der Waals surface area contributed by atoms with E-state index in [4.69, 9.17) is 22.1 Å². The number of aliphatic hydroxyl groups is 1. The maximum Gasteiger partial charge on any atom is 0.410 e. The zero-order valence-electron chi connectivity index (χ0n) is 18.9. The molecule has 12 heteroatoms. The van der Waals surface area contributed by atoms with Crippen molar-refractivity contribution in [2.45, 2.75) is 31.2 Å². The Labute approximate surface area is 209 Å². The van der Waals surface area contributed by atoms with Gasteiger partial charge in [0.15, 0.2) is 11.4 Å². The van der Waals surface area contributed by atoms with Crippen LogP contribution in [0, 0.1) is 5.82 Å². The first kappa shape index (κ1) is 25.4. The summed E-state index contributed by atoms with van der Waals surface area (Å²) in [6.45, 7) is -1.92. The Hall–Kier alpha value is -3.70. The molecule has 4 N–H and O–H groups in total. The largest absolute Gasteiger partial charge is 0.410 e. The molecule has 0 aliphatic carbocycles. The van der Waals surface area contributed by atoms with Gasteiger partial charge >= 0.3 is 6.09 Å². The van der Waals surface area contributed by atoms with Crippen LogP contribution in [0.2, 0.25) is 5.02 Å². The Bertz CT molecular complexity index is 1330. The number of nitrogens with two attached hydrogens (primary N) is 1. The number of rotatable bonds is 7. The number of carbonyl (C=O) groups is 3. The number of nitrogens with one attached hydrogen (secondary N) is 1. The van der Waals surface area contributed by atoms with Crippen LogP contribution in [0.5, 0.6) is 5.75 Å². The molecule has 0 saturated carbocycles. The number of hydrogen-bond donors (Lipinski definition) is 3. The SMILES string of the molecule is NC(=O)Oc1cn(CC(=O)N2C[C@@](F)(CO)C[C@H]2C(=O)NCc2cccc(Cl)c2F)c2ccccc12. The minimum absolute atomic E-state index is 0.110. The molecule has 1 aliphatic rings. The van der Waals surface area contributed by atoms with Crippen molar-refractivity contribution >= 4 is 40.4 Å². The lowest BCUT2D eigenvalue weighted by Crippen LogP contribution is -2.46. The van der Waals surface area contributed by atoms with E-state index in [2.05, 4.69) is 5.32 Å². The zero-order valence-corrected chi connectivity index (χ0v) is 19.7. The molecule has 36 heavy (non-hydrogen) atoms. The Morgan fingerprint density at radius 1 is 1.22 bits per heavy atom. The maximum absolute atomic E-state index is 15.1. The van der Waals surface area contributed by atoms with Gasteiger partial charge in [0, 0.05) is 30.1 Å². The lowest BCUT2D eigenvalue weighted by atomic mass is 10.0.